The Kier molecular flexibility index (Phi) is 11.7. The summed E-state index contributed by atoms with van der Waals surface area (Å²) in [7, 11) is 2.85. The number of fused-ring (bicyclic) bond motifs is 3. The summed E-state index contributed by atoms with van der Waals surface area (Å²) >= 11 is 0. The number of hydrogen-bond acceptors (Lipinski definition) is 8. The molecule has 0 spiro atoms. The number of aromatic amines is 2. The second kappa shape index (κ2) is 16.9. The van der Waals surface area contributed by atoms with Crippen LogP contribution in [0.1, 0.15) is 90.0 Å². The van der Waals surface area contributed by atoms with Gasteiger partial charge in [0.2, 0.25) is 11.8 Å². The number of amides is 3. The predicted molar refractivity (Wildman–Crippen MR) is 218 cm³/mol. The van der Waals surface area contributed by atoms with Gasteiger partial charge in [-0.05, 0) is 74.0 Å². The third-order valence-corrected chi connectivity index (χ3v) is 12.0. The summed E-state index contributed by atoms with van der Waals surface area (Å²) in [4.78, 5) is 60.6. The Balaban J connectivity index is 1.03. The lowest BCUT2D eigenvalue weighted by Crippen LogP contribution is -2.59. The number of carbonyl (C=O) groups excluding carboxylic acids is 3. The number of aromatic nitrogens is 4. The van der Waals surface area contributed by atoms with Gasteiger partial charge in [0.1, 0.15) is 23.7 Å². The Hall–Kier alpha value is -5.59. The highest BCUT2D eigenvalue weighted by atomic mass is 16.5. The van der Waals surface area contributed by atoms with E-state index in [0.29, 0.717) is 18.3 Å². The van der Waals surface area contributed by atoms with Gasteiger partial charge in [-0.3, -0.25) is 9.59 Å². The molecule has 1 aliphatic carbocycles. The Morgan fingerprint density at radius 1 is 0.719 bits per heavy atom. The molecule has 13 nitrogen and oxygen atoms in total. The van der Waals surface area contributed by atoms with E-state index in [2.05, 4.69) is 75.7 Å². The monoisotopic (exact) mass is 776 g/mol. The molecule has 0 unspecified atom stereocenters. The molecular weight excluding hydrogens is 721 g/mol. The standard InChI is InChI=1S/C44H56N8O5/c1-25(2)37(47-27(5)56-6)42(53)51-22-8-9-36(51)40-45-23-34(48-40)30-14-10-28(11-15-30)29-12-16-31(17-13-29)35-24-46-41(49-35)39-32-18-20-33(21-19-32)52(39)43(54)38(26(3)4)50-44(55)57-7/h10-17,23-26,32-33,36-39,47H,5,8-9,18-22H2,1-4,6-7H3,(H,45,48)(H,46,49)(H,50,55)/t32?,33?,36-,37-,38-,39-/m0/s1. The molecule has 13 heteroatoms. The van der Waals surface area contributed by atoms with Crippen LogP contribution in [-0.4, -0.2) is 86.5 Å². The average molecular weight is 777 g/mol. The maximum absolute atomic E-state index is 14.1. The molecule has 302 valence electrons. The number of H-pyrrole nitrogens is 2. The molecule has 4 atom stereocenters. The molecule has 4 aromatic rings. The molecule has 2 aromatic carbocycles. The predicted octanol–water partition coefficient (Wildman–Crippen LogP) is 7.35. The number of benzene rings is 2. The van der Waals surface area contributed by atoms with Crippen LogP contribution in [0.5, 0.6) is 0 Å². The smallest absolute Gasteiger partial charge is 0.407 e. The van der Waals surface area contributed by atoms with Gasteiger partial charge in [-0.2, -0.15) is 0 Å². The number of ether oxygens (including phenoxy) is 2. The third kappa shape index (κ3) is 8.15. The number of rotatable bonds is 13. The first kappa shape index (κ1) is 39.6. The number of nitrogens with one attached hydrogen (secondary N) is 4. The lowest BCUT2D eigenvalue weighted by Gasteiger charge is -2.51. The van der Waals surface area contributed by atoms with Crippen molar-refractivity contribution in [2.45, 2.75) is 96.4 Å². The minimum atomic E-state index is -0.680. The molecule has 2 aromatic heterocycles. The first-order chi connectivity index (χ1) is 27.5. The number of nitrogens with zero attached hydrogens (tertiary/aromatic N) is 4. The van der Waals surface area contributed by atoms with Gasteiger partial charge in [-0.1, -0.05) is 76.2 Å². The molecular formula is C44H56N8O5. The van der Waals surface area contributed by atoms with Gasteiger partial charge in [0, 0.05) is 36.1 Å². The zero-order valence-corrected chi connectivity index (χ0v) is 33.9. The van der Waals surface area contributed by atoms with E-state index >= 15 is 0 Å². The summed E-state index contributed by atoms with van der Waals surface area (Å²) in [6.07, 6.45) is 9.00. The fourth-order valence-corrected chi connectivity index (χ4v) is 8.88. The molecule has 0 radical (unpaired) electrons. The molecule has 57 heavy (non-hydrogen) atoms. The van der Waals surface area contributed by atoms with Crippen molar-refractivity contribution in [3.63, 3.8) is 0 Å². The summed E-state index contributed by atoms with van der Waals surface area (Å²) in [6, 6.07) is 15.4. The van der Waals surface area contributed by atoms with E-state index in [4.69, 9.17) is 19.4 Å². The SMILES string of the molecule is C=C(N[C@H](C(=O)N1CCC[C@H]1c1nc(-c2ccc(-c3ccc(-c4c[nH]c([C@@H]5C6CCC(CC6)N5C(=O)[C@@H](NC(=O)OC)C(C)C)n4)cc3)cc2)c[nH]1)C(C)C)OC. The molecule has 2 bridgehead atoms. The summed E-state index contributed by atoms with van der Waals surface area (Å²) in [5.74, 6) is 2.15. The topological polar surface area (TPSA) is 158 Å². The Morgan fingerprint density at radius 3 is 1.79 bits per heavy atom. The number of imidazole rings is 2. The van der Waals surface area contributed by atoms with E-state index in [0.717, 1.165) is 83.8 Å². The van der Waals surface area contributed by atoms with Crippen LogP contribution in [0, 0.1) is 17.8 Å². The van der Waals surface area contributed by atoms with Crippen molar-refractivity contribution < 1.29 is 23.9 Å². The molecule has 1 saturated carbocycles. The Bertz CT molecular complexity index is 2050. The van der Waals surface area contributed by atoms with Crippen molar-refractivity contribution in [3.8, 4) is 33.6 Å². The van der Waals surface area contributed by atoms with E-state index in [1.54, 1.807) is 7.11 Å². The molecule has 3 aliphatic heterocycles. The molecule has 3 amide bonds. The van der Waals surface area contributed by atoms with E-state index in [1.807, 2.05) is 49.9 Å². The van der Waals surface area contributed by atoms with Crippen LogP contribution < -0.4 is 10.6 Å². The summed E-state index contributed by atoms with van der Waals surface area (Å²) in [5, 5.41) is 5.92. The van der Waals surface area contributed by atoms with Crippen LogP contribution in [0.4, 0.5) is 4.79 Å². The van der Waals surface area contributed by atoms with Crippen molar-refractivity contribution >= 4 is 17.9 Å². The fraction of sp³-hybridized carbons (Fsp3) is 0.477. The molecule has 8 rings (SSSR count). The lowest BCUT2D eigenvalue weighted by molar-refractivity contribution is -0.149. The molecule has 4 fully saturated rings. The van der Waals surface area contributed by atoms with Crippen LogP contribution in [0.25, 0.3) is 33.6 Å². The number of likely N-dealkylation sites (tertiary alicyclic amines) is 1. The van der Waals surface area contributed by atoms with Gasteiger partial charge < -0.3 is 39.9 Å². The van der Waals surface area contributed by atoms with Gasteiger partial charge in [-0.15, -0.1) is 0 Å². The maximum Gasteiger partial charge on any atom is 0.407 e. The number of alkyl carbamates (subject to hydrolysis) is 1. The van der Waals surface area contributed by atoms with E-state index in [1.165, 1.54) is 7.11 Å². The van der Waals surface area contributed by atoms with Gasteiger partial charge in [0.25, 0.3) is 0 Å². The number of hydrogen-bond donors (Lipinski definition) is 4. The minimum Gasteiger partial charge on any atom is -0.483 e. The summed E-state index contributed by atoms with van der Waals surface area (Å²) in [5.41, 5.74) is 5.77. The average Bonchev–Trinajstić information content (AvgIpc) is 4.03. The van der Waals surface area contributed by atoms with Crippen molar-refractivity contribution in [2.75, 3.05) is 20.8 Å². The summed E-state index contributed by atoms with van der Waals surface area (Å²) in [6.45, 7) is 12.4. The van der Waals surface area contributed by atoms with Gasteiger partial charge in [0.05, 0.1) is 37.7 Å². The number of carbonyl (C=O) groups is 3. The van der Waals surface area contributed by atoms with Gasteiger partial charge in [-0.25, -0.2) is 14.8 Å². The van der Waals surface area contributed by atoms with E-state index in [-0.39, 0.29) is 41.8 Å². The van der Waals surface area contributed by atoms with E-state index in [9.17, 15) is 14.4 Å². The van der Waals surface area contributed by atoms with Crippen LogP contribution in [0.2, 0.25) is 0 Å². The largest absolute Gasteiger partial charge is 0.483 e. The summed E-state index contributed by atoms with van der Waals surface area (Å²) < 4.78 is 10.0. The quantitative estimate of drug-likeness (QED) is 0.103. The van der Waals surface area contributed by atoms with Gasteiger partial charge in [0.15, 0.2) is 5.88 Å². The van der Waals surface area contributed by atoms with Gasteiger partial charge >= 0.3 is 6.09 Å². The number of methoxy groups -OCH3 is 2. The molecule has 4 aliphatic rings. The van der Waals surface area contributed by atoms with Crippen LogP contribution >= 0.6 is 0 Å². The first-order valence-electron chi connectivity index (χ1n) is 20.3. The zero-order valence-electron chi connectivity index (χ0n) is 33.9. The highest BCUT2D eigenvalue weighted by Gasteiger charge is 2.48. The van der Waals surface area contributed by atoms with E-state index < -0.39 is 18.2 Å². The van der Waals surface area contributed by atoms with Crippen molar-refractivity contribution in [1.82, 2.24) is 40.4 Å². The highest BCUT2D eigenvalue weighted by Crippen LogP contribution is 2.47. The van der Waals surface area contributed by atoms with Crippen LogP contribution in [0.15, 0.2) is 73.4 Å². The normalized spacial score (nSPS) is 21.4. The van der Waals surface area contributed by atoms with Crippen molar-refractivity contribution in [1.29, 1.82) is 0 Å². The Labute approximate surface area is 335 Å². The Morgan fingerprint density at radius 2 is 1.25 bits per heavy atom. The van der Waals surface area contributed by atoms with Crippen molar-refractivity contribution in [2.24, 2.45) is 17.8 Å². The van der Waals surface area contributed by atoms with Crippen LogP contribution in [-0.2, 0) is 19.1 Å². The van der Waals surface area contributed by atoms with Crippen molar-refractivity contribution in [3.05, 3.63) is 85.0 Å². The maximum atomic E-state index is 14.1. The second-order valence-corrected chi connectivity index (χ2v) is 16.3. The fourth-order valence-electron chi connectivity index (χ4n) is 8.88. The number of piperidine rings is 2. The minimum absolute atomic E-state index is 0.0209. The lowest BCUT2D eigenvalue weighted by atomic mass is 9.73. The third-order valence-electron chi connectivity index (χ3n) is 12.0. The molecule has 4 N–H and O–H groups in total. The highest BCUT2D eigenvalue weighted by molar-refractivity contribution is 5.87. The zero-order chi connectivity index (χ0) is 40.4. The second-order valence-electron chi connectivity index (χ2n) is 16.3. The first-order valence-corrected chi connectivity index (χ1v) is 20.3. The van der Waals surface area contributed by atoms with Crippen LogP contribution in [0.3, 0.4) is 0 Å². The molecule has 5 heterocycles. The molecule has 3 saturated heterocycles.